The Balaban J connectivity index is 2.41. The third-order valence-electron chi connectivity index (χ3n) is 4.15. The Bertz CT molecular complexity index is 578. The zero-order chi connectivity index (χ0) is 15.8. The number of alkyl halides is 3. The van der Waals surface area contributed by atoms with Gasteiger partial charge in [-0.05, 0) is 42.9 Å². The van der Waals surface area contributed by atoms with E-state index in [4.69, 9.17) is 0 Å². The fourth-order valence-electron chi connectivity index (χ4n) is 2.99. The summed E-state index contributed by atoms with van der Waals surface area (Å²) in [5.41, 5.74) is -2.59. The van der Waals surface area contributed by atoms with Crippen LogP contribution in [0.5, 0.6) is 0 Å². The minimum absolute atomic E-state index is 0.0700. The van der Waals surface area contributed by atoms with Crippen molar-refractivity contribution in [1.29, 1.82) is 5.26 Å². The maximum absolute atomic E-state index is 13.3. The molecule has 21 heavy (non-hydrogen) atoms. The van der Waals surface area contributed by atoms with E-state index < -0.39 is 29.1 Å². The van der Waals surface area contributed by atoms with Gasteiger partial charge in [0.25, 0.3) is 0 Å². The zero-order valence-corrected chi connectivity index (χ0v) is 11.4. The van der Waals surface area contributed by atoms with Crippen molar-refractivity contribution in [3.8, 4) is 6.07 Å². The molecular weight excluding hydrogens is 286 g/mol. The van der Waals surface area contributed by atoms with Crippen LogP contribution in [-0.2, 0) is 6.18 Å². The Labute approximate surface area is 120 Å². The highest BCUT2D eigenvalue weighted by molar-refractivity contribution is 5.31. The lowest BCUT2D eigenvalue weighted by Gasteiger charge is -2.28. The number of hydrogen-bond acceptors (Lipinski definition) is 2. The van der Waals surface area contributed by atoms with Crippen LogP contribution in [0.25, 0.3) is 0 Å². The lowest BCUT2D eigenvalue weighted by Crippen LogP contribution is -2.25. The first kappa shape index (κ1) is 15.8. The van der Waals surface area contributed by atoms with Crippen molar-refractivity contribution in [3.63, 3.8) is 0 Å². The molecule has 0 aromatic heterocycles. The van der Waals surface area contributed by atoms with Gasteiger partial charge in [-0.2, -0.15) is 18.4 Å². The Morgan fingerprint density at radius 3 is 2.57 bits per heavy atom. The van der Waals surface area contributed by atoms with Crippen molar-refractivity contribution in [3.05, 3.63) is 35.1 Å². The Kier molecular flexibility index (Phi) is 3.98. The number of hydrogen-bond donors (Lipinski definition) is 1. The standard InChI is InChI=1S/C15H15F4NO/c1-9-4-5-14(7-9,8-20)13(21)10-2-3-12(16)11(6-10)15(17,18)19/h2-3,6,9,13,21H,4-5,7H2,1H3. The summed E-state index contributed by atoms with van der Waals surface area (Å²) >= 11 is 0. The number of benzene rings is 1. The highest BCUT2D eigenvalue weighted by Gasteiger charge is 2.45. The largest absolute Gasteiger partial charge is 0.419 e. The van der Waals surface area contributed by atoms with Crippen LogP contribution in [0.2, 0.25) is 0 Å². The van der Waals surface area contributed by atoms with E-state index in [0.29, 0.717) is 25.0 Å². The summed E-state index contributed by atoms with van der Waals surface area (Å²) in [6, 6.07) is 4.45. The molecule has 114 valence electrons. The maximum atomic E-state index is 13.3. The van der Waals surface area contributed by atoms with E-state index in [9.17, 15) is 27.9 Å². The SMILES string of the molecule is CC1CCC(C#N)(C(O)c2ccc(F)c(C(F)(F)F)c2)C1. The van der Waals surface area contributed by atoms with Crippen LogP contribution in [0.3, 0.4) is 0 Å². The fourth-order valence-corrected chi connectivity index (χ4v) is 2.99. The predicted molar refractivity (Wildman–Crippen MR) is 67.4 cm³/mol. The molecule has 1 aromatic rings. The Morgan fingerprint density at radius 2 is 2.10 bits per heavy atom. The van der Waals surface area contributed by atoms with Crippen molar-refractivity contribution < 1.29 is 22.7 Å². The molecule has 0 heterocycles. The summed E-state index contributed by atoms with van der Waals surface area (Å²) in [6.07, 6.45) is -4.61. The molecule has 2 nitrogen and oxygen atoms in total. The van der Waals surface area contributed by atoms with E-state index in [1.165, 1.54) is 0 Å². The molecule has 1 saturated carbocycles. The van der Waals surface area contributed by atoms with Crippen molar-refractivity contribution in [2.45, 2.75) is 38.5 Å². The molecule has 1 N–H and O–H groups in total. The van der Waals surface area contributed by atoms with Gasteiger partial charge in [-0.3, -0.25) is 0 Å². The quantitative estimate of drug-likeness (QED) is 0.832. The molecule has 3 atom stereocenters. The Hall–Kier alpha value is -1.61. The molecule has 0 bridgehead atoms. The third-order valence-corrected chi connectivity index (χ3v) is 4.15. The second-order valence-electron chi connectivity index (χ2n) is 5.76. The molecule has 0 spiro atoms. The van der Waals surface area contributed by atoms with Gasteiger partial charge in [0.05, 0.1) is 23.2 Å². The van der Waals surface area contributed by atoms with Gasteiger partial charge in [0, 0.05) is 0 Å². The molecule has 2 rings (SSSR count). The maximum Gasteiger partial charge on any atom is 0.419 e. The topological polar surface area (TPSA) is 44.0 Å². The predicted octanol–water partition coefficient (Wildman–Crippen LogP) is 4.21. The van der Waals surface area contributed by atoms with Crippen molar-refractivity contribution in [2.75, 3.05) is 0 Å². The molecule has 0 aliphatic heterocycles. The van der Waals surface area contributed by atoms with Gasteiger partial charge >= 0.3 is 6.18 Å². The van der Waals surface area contributed by atoms with Gasteiger partial charge in [-0.15, -0.1) is 0 Å². The van der Waals surface area contributed by atoms with Crippen LogP contribution in [0.1, 0.15) is 43.4 Å². The van der Waals surface area contributed by atoms with Crippen LogP contribution in [0.15, 0.2) is 18.2 Å². The first-order chi connectivity index (χ1) is 9.69. The number of aliphatic hydroxyl groups is 1. The number of nitrogens with zero attached hydrogens (tertiary/aromatic N) is 1. The lowest BCUT2D eigenvalue weighted by molar-refractivity contribution is -0.140. The average Bonchev–Trinajstić information content (AvgIpc) is 2.80. The number of aliphatic hydroxyl groups excluding tert-OH is 1. The van der Waals surface area contributed by atoms with Crippen molar-refractivity contribution in [2.24, 2.45) is 11.3 Å². The summed E-state index contributed by atoms with van der Waals surface area (Å²) in [5, 5.41) is 19.7. The van der Waals surface area contributed by atoms with Crippen molar-refractivity contribution in [1.82, 2.24) is 0 Å². The minimum atomic E-state index is -4.83. The van der Waals surface area contributed by atoms with E-state index in [0.717, 1.165) is 12.5 Å². The average molecular weight is 301 g/mol. The van der Waals surface area contributed by atoms with Crippen molar-refractivity contribution >= 4 is 0 Å². The van der Waals surface area contributed by atoms with E-state index in [2.05, 4.69) is 6.07 Å². The summed E-state index contributed by atoms with van der Waals surface area (Å²) in [4.78, 5) is 0. The highest BCUT2D eigenvalue weighted by Crippen LogP contribution is 2.50. The zero-order valence-electron chi connectivity index (χ0n) is 11.4. The molecule has 0 amide bonds. The summed E-state index contributed by atoms with van der Waals surface area (Å²) in [6.45, 7) is 1.93. The molecule has 0 radical (unpaired) electrons. The summed E-state index contributed by atoms with van der Waals surface area (Å²) < 4.78 is 51.4. The van der Waals surface area contributed by atoms with E-state index in [1.807, 2.05) is 6.92 Å². The number of nitriles is 1. The fraction of sp³-hybridized carbons (Fsp3) is 0.533. The minimum Gasteiger partial charge on any atom is -0.387 e. The van der Waals surface area contributed by atoms with Crippen LogP contribution in [-0.4, -0.2) is 5.11 Å². The molecular formula is C15H15F4NO. The van der Waals surface area contributed by atoms with Gasteiger partial charge in [0.1, 0.15) is 5.82 Å². The lowest BCUT2D eigenvalue weighted by atomic mass is 9.78. The first-order valence-corrected chi connectivity index (χ1v) is 6.65. The number of rotatable bonds is 2. The van der Waals surface area contributed by atoms with Gasteiger partial charge in [-0.1, -0.05) is 13.0 Å². The van der Waals surface area contributed by atoms with Crippen LogP contribution in [0.4, 0.5) is 17.6 Å². The first-order valence-electron chi connectivity index (χ1n) is 6.65. The summed E-state index contributed by atoms with van der Waals surface area (Å²) in [5.74, 6) is -1.16. The normalized spacial score (nSPS) is 27.4. The van der Waals surface area contributed by atoms with Crippen LogP contribution in [0, 0.1) is 28.5 Å². The van der Waals surface area contributed by atoms with Gasteiger partial charge in [0.2, 0.25) is 0 Å². The van der Waals surface area contributed by atoms with Gasteiger partial charge in [-0.25, -0.2) is 4.39 Å². The molecule has 1 aliphatic carbocycles. The van der Waals surface area contributed by atoms with E-state index in [-0.39, 0.29) is 11.5 Å². The molecule has 6 heteroatoms. The molecule has 0 saturated heterocycles. The number of halogens is 4. The molecule has 1 fully saturated rings. The highest BCUT2D eigenvalue weighted by atomic mass is 19.4. The second kappa shape index (κ2) is 5.30. The Morgan fingerprint density at radius 1 is 1.43 bits per heavy atom. The monoisotopic (exact) mass is 301 g/mol. The molecule has 1 aliphatic rings. The van der Waals surface area contributed by atoms with Gasteiger partial charge < -0.3 is 5.11 Å². The molecule has 3 unspecified atom stereocenters. The van der Waals surface area contributed by atoms with E-state index in [1.54, 1.807) is 0 Å². The summed E-state index contributed by atoms with van der Waals surface area (Å²) in [7, 11) is 0. The second-order valence-corrected chi connectivity index (χ2v) is 5.76. The smallest absolute Gasteiger partial charge is 0.387 e. The van der Waals surface area contributed by atoms with Crippen LogP contribution < -0.4 is 0 Å². The third kappa shape index (κ3) is 2.88. The van der Waals surface area contributed by atoms with Crippen LogP contribution >= 0.6 is 0 Å². The van der Waals surface area contributed by atoms with Gasteiger partial charge in [0.15, 0.2) is 0 Å². The van der Waals surface area contributed by atoms with E-state index >= 15 is 0 Å². The molecule has 1 aromatic carbocycles.